The maximum absolute atomic E-state index is 11.0. The van der Waals surface area contributed by atoms with Crippen molar-refractivity contribution in [1.29, 1.82) is 0 Å². The molecule has 0 aliphatic carbocycles. The molecule has 0 aromatic carbocycles. The third-order valence-electron chi connectivity index (χ3n) is 2.05. The Labute approximate surface area is 106 Å². The number of carbonyl (C=O) groups excluding carboxylic acids is 2. The highest BCUT2D eigenvalue weighted by Gasteiger charge is 2.08. The van der Waals surface area contributed by atoms with Crippen LogP contribution >= 0.6 is 0 Å². The number of ether oxygens (including phenoxy) is 2. The van der Waals surface area contributed by atoms with E-state index < -0.39 is 17.9 Å². The van der Waals surface area contributed by atoms with E-state index in [0.29, 0.717) is 12.8 Å². The normalized spacial score (nSPS) is 11.4. The van der Waals surface area contributed by atoms with Gasteiger partial charge in [-0.3, -0.25) is 9.59 Å². The highest BCUT2D eigenvalue weighted by molar-refractivity contribution is 5.81. The number of carbonyl (C=O) groups is 3. The molecule has 0 saturated heterocycles. The van der Waals surface area contributed by atoms with Crippen LogP contribution in [0, 0.1) is 0 Å². The lowest BCUT2D eigenvalue weighted by atomic mass is 10.2. The summed E-state index contributed by atoms with van der Waals surface area (Å²) < 4.78 is 9.72. The van der Waals surface area contributed by atoms with Crippen molar-refractivity contribution in [3.05, 3.63) is 12.7 Å². The van der Waals surface area contributed by atoms with Crippen LogP contribution in [0.15, 0.2) is 12.7 Å². The SMILES string of the molecule is C=CC(=O)OC(C)CCCOC(=O)CCC(=O)O. The summed E-state index contributed by atoms with van der Waals surface area (Å²) in [4.78, 5) is 32.1. The van der Waals surface area contributed by atoms with Crippen molar-refractivity contribution in [2.75, 3.05) is 6.61 Å². The van der Waals surface area contributed by atoms with Gasteiger partial charge >= 0.3 is 17.9 Å². The minimum absolute atomic E-state index is 0.129. The first kappa shape index (κ1) is 16.1. The molecule has 102 valence electrons. The van der Waals surface area contributed by atoms with Gasteiger partial charge in [0, 0.05) is 6.08 Å². The lowest BCUT2D eigenvalue weighted by molar-refractivity contribution is -0.148. The molecule has 0 bridgehead atoms. The molecule has 6 heteroatoms. The van der Waals surface area contributed by atoms with Crippen LogP contribution in [-0.2, 0) is 23.9 Å². The number of esters is 2. The number of hydrogen-bond acceptors (Lipinski definition) is 5. The van der Waals surface area contributed by atoms with E-state index in [1.807, 2.05) is 0 Å². The molecule has 0 aliphatic heterocycles. The fraction of sp³-hybridized carbons (Fsp3) is 0.583. The van der Waals surface area contributed by atoms with Gasteiger partial charge in [0.25, 0.3) is 0 Å². The van der Waals surface area contributed by atoms with Gasteiger partial charge in [-0.15, -0.1) is 0 Å². The summed E-state index contributed by atoms with van der Waals surface area (Å²) >= 11 is 0. The predicted molar refractivity (Wildman–Crippen MR) is 62.8 cm³/mol. The van der Waals surface area contributed by atoms with E-state index in [9.17, 15) is 14.4 Å². The third kappa shape index (κ3) is 9.38. The highest BCUT2D eigenvalue weighted by atomic mass is 16.5. The first-order chi connectivity index (χ1) is 8.45. The summed E-state index contributed by atoms with van der Waals surface area (Å²) in [6.07, 6.45) is 1.56. The number of rotatable bonds is 9. The molecule has 1 unspecified atom stereocenters. The number of carboxylic acids is 1. The maximum atomic E-state index is 11.0. The van der Waals surface area contributed by atoms with Gasteiger partial charge in [-0.2, -0.15) is 0 Å². The van der Waals surface area contributed by atoms with Crippen molar-refractivity contribution in [2.24, 2.45) is 0 Å². The van der Waals surface area contributed by atoms with E-state index in [-0.39, 0.29) is 25.6 Å². The van der Waals surface area contributed by atoms with Gasteiger partial charge in [0.15, 0.2) is 0 Å². The Morgan fingerprint density at radius 2 is 2.00 bits per heavy atom. The molecule has 6 nitrogen and oxygen atoms in total. The zero-order chi connectivity index (χ0) is 14.0. The number of carboxylic acid groups (broad SMARTS) is 1. The Hall–Kier alpha value is -1.85. The van der Waals surface area contributed by atoms with Crippen molar-refractivity contribution >= 4 is 17.9 Å². The number of hydrogen-bond donors (Lipinski definition) is 1. The molecule has 1 atom stereocenters. The van der Waals surface area contributed by atoms with Crippen LogP contribution in [-0.4, -0.2) is 35.7 Å². The molecule has 0 saturated carbocycles. The van der Waals surface area contributed by atoms with Crippen LogP contribution in [0.1, 0.15) is 32.6 Å². The van der Waals surface area contributed by atoms with Crippen molar-refractivity contribution in [3.63, 3.8) is 0 Å². The van der Waals surface area contributed by atoms with E-state index in [2.05, 4.69) is 6.58 Å². The van der Waals surface area contributed by atoms with Gasteiger partial charge in [-0.25, -0.2) is 4.79 Å². The van der Waals surface area contributed by atoms with Gasteiger partial charge in [-0.05, 0) is 19.8 Å². The largest absolute Gasteiger partial charge is 0.481 e. The fourth-order valence-corrected chi connectivity index (χ4v) is 1.14. The van der Waals surface area contributed by atoms with Crippen molar-refractivity contribution in [3.8, 4) is 0 Å². The lowest BCUT2D eigenvalue weighted by Crippen LogP contribution is -2.14. The number of aliphatic carboxylic acids is 1. The molecule has 0 amide bonds. The van der Waals surface area contributed by atoms with E-state index >= 15 is 0 Å². The van der Waals surface area contributed by atoms with Crippen LogP contribution in [0.4, 0.5) is 0 Å². The van der Waals surface area contributed by atoms with Crippen LogP contribution in [0.3, 0.4) is 0 Å². The van der Waals surface area contributed by atoms with Gasteiger partial charge in [0.2, 0.25) is 0 Å². The van der Waals surface area contributed by atoms with Crippen LogP contribution in [0.25, 0.3) is 0 Å². The Morgan fingerprint density at radius 3 is 2.56 bits per heavy atom. The van der Waals surface area contributed by atoms with Crippen LogP contribution in [0.2, 0.25) is 0 Å². The van der Waals surface area contributed by atoms with Gasteiger partial charge < -0.3 is 14.6 Å². The Balaban J connectivity index is 3.54. The van der Waals surface area contributed by atoms with Crippen LogP contribution in [0.5, 0.6) is 0 Å². The Kier molecular flexibility index (Phi) is 8.26. The molecule has 0 rings (SSSR count). The first-order valence-corrected chi connectivity index (χ1v) is 5.66. The zero-order valence-corrected chi connectivity index (χ0v) is 10.4. The molecule has 0 spiro atoms. The molecule has 18 heavy (non-hydrogen) atoms. The molecular formula is C12H18O6. The minimum atomic E-state index is -1.03. The molecule has 0 aromatic rings. The molecule has 0 radical (unpaired) electrons. The predicted octanol–water partition coefficient (Wildman–Crippen LogP) is 1.29. The summed E-state index contributed by atoms with van der Waals surface area (Å²) in [6.45, 7) is 5.19. The monoisotopic (exact) mass is 258 g/mol. The van der Waals surface area contributed by atoms with Crippen molar-refractivity contribution < 1.29 is 29.0 Å². The lowest BCUT2D eigenvalue weighted by Gasteiger charge is -2.11. The zero-order valence-electron chi connectivity index (χ0n) is 10.4. The molecule has 0 heterocycles. The van der Waals surface area contributed by atoms with Gasteiger partial charge in [0.05, 0.1) is 25.6 Å². The van der Waals surface area contributed by atoms with E-state index in [0.717, 1.165) is 6.08 Å². The summed E-state index contributed by atoms with van der Waals surface area (Å²) in [5, 5.41) is 8.35. The molecule has 0 fully saturated rings. The molecule has 1 N–H and O–H groups in total. The maximum Gasteiger partial charge on any atom is 0.330 e. The third-order valence-corrected chi connectivity index (χ3v) is 2.05. The fourth-order valence-electron chi connectivity index (χ4n) is 1.14. The molecule has 0 aromatic heterocycles. The highest BCUT2D eigenvalue weighted by Crippen LogP contribution is 2.03. The molecule has 0 aliphatic rings. The summed E-state index contributed by atoms with van der Waals surface area (Å²) in [5.41, 5.74) is 0. The van der Waals surface area contributed by atoms with Crippen molar-refractivity contribution in [1.82, 2.24) is 0 Å². The topological polar surface area (TPSA) is 89.9 Å². The van der Waals surface area contributed by atoms with Crippen LogP contribution < -0.4 is 0 Å². The quantitative estimate of drug-likeness (QED) is 0.381. The standard InChI is InChI=1S/C12H18O6/c1-3-11(15)18-9(2)5-4-8-17-12(16)7-6-10(13)14/h3,9H,1,4-8H2,2H3,(H,13,14). The van der Waals surface area contributed by atoms with Gasteiger partial charge in [0.1, 0.15) is 0 Å². The Bertz CT molecular complexity index is 310. The summed E-state index contributed by atoms with van der Waals surface area (Å²) in [6, 6.07) is 0. The van der Waals surface area contributed by atoms with E-state index in [1.54, 1.807) is 6.92 Å². The average Bonchev–Trinajstić information content (AvgIpc) is 2.31. The second-order valence-corrected chi connectivity index (χ2v) is 3.71. The van der Waals surface area contributed by atoms with Gasteiger partial charge in [-0.1, -0.05) is 6.58 Å². The second-order valence-electron chi connectivity index (χ2n) is 3.71. The van der Waals surface area contributed by atoms with E-state index in [4.69, 9.17) is 14.6 Å². The van der Waals surface area contributed by atoms with Crippen molar-refractivity contribution in [2.45, 2.75) is 38.7 Å². The average molecular weight is 258 g/mol. The smallest absolute Gasteiger partial charge is 0.330 e. The van der Waals surface area contributed by atoms with E-state index in [1.165, 1.54) is 0 Å². The summed E-state index contributed by atoms with van der Waals surface area (Å²) in [7, 11) is 0. The molecular weight excluding hydrogens is 240 g/mol. The summed E-state index contributed by atoms with van der Waals surface area (Å²) in [5.74, 6) is -2.05. The Morgan fingerprint density at radius 1 is 1.33 bits per heavy atom. The second kappa shape index (κ2) is 9.21. The first-order valence-electron chi connectivity index (χ1n) is 5.66. The minimum Gasteiger partial charge on any atom is -0.481 e.